The molecule has 0 unspecified atom stereocenters. The molecule has 0 saturated heterocycles. The third-order valence-corrected chi connectivity index (χ3v) is 3.52. The van der Waals surface area contributed by atoms with Gasteiger partial charge in [-0.05, 0) is 36.8 Å². The summed E-state index contributed by atoms with van der Waals surface area (Å²) < 4.78 is 42.1. The maximum Gasteiger partial charge on any atom is 0.266 e. The molecule has 3 nitrogen and oxygen atoms in total. The Labute approximate surface area is 130 Å². The summed E-state index contributed by atoms with van der Waals surface area (Å²) in [7, 11) is 0. The van der Waals surface area contributed by atoms with Gasteiger partial charge in [-0.25, -0.2) is 18.2 Å². The maximum atomic E-state index is 14.1. The van der Waals surface area contributed by atoms with Crippen LogP contribution >= 0.6 is 0 Å². The van der Waals surface area contributed by atoms with Crippen LogP contribution in [0.1, 0.15) is 19.2 Å². The van der Waals surface area contributed by atoms with Crippen molar-refractivity contribution in [2.75, 3.05) is 0 Å². The SMILES string of the molecule is CCCc1nc2ccc(F)cc2c(=O)n1-c1cc(F)ccc1F. The number of aryl methyl sites for hydroxylation is 1. The van der Waals surface area contributed by atoms with Crippen molar-refractivity contribution < 1.29 is 13.2 Å². The van der Waals surface area contributed by atoms with Crippen LogP contribution in [0.5, 0.6) is 0 Å². The van der Waals surface area contributed by atoms with Crippen molar-refractivity contribution in [2.24, 2.45) is 0 Å². The Morgan fingerprint density at radius 1 is 1.04 bits per heavy atom. The first-order chi connectivity index (χ1) is 11.0. The summed E-state index contributed by atoms with van der Waals surface area (Å²) in [6, 6.07) is 6.51. The third-order valence-electron chi connectivity index (χ3n) is 3.52. The van der Waals surface area contributed by atoms with E-state index in [9.17, 15) is 18.0 Å². The van der Waals surface area contributed by atoms with Crippen molar-refractivity contribution in [2.45, 2.75) is 19.8 Å². The highest BCUT2D eigenvalue weighted by atomic mass is 19.1. The number of aromatic nitrogens is 2. The lowest BCUT2D eigenvalue weighted by Crippen LogP contribution is -2.25. The lowest BCUT2D eigenvalue weighted by molar-refractivity contribution is 0.586. The average Bonchev–Trinajstić information content (AvgIpc) is 2.52. The summed E-state index contributed by atoms with van der Waals surface area (Å²) >= 11 is 0. The van der Waals surface area contributed by atoms with E-state index in [2.05, 4.69) is 4.98 Å². The van der Waals surface area contributed by atoms with Crippen LogP contribution < -0.4 is 5.56 Å². The lowest BCUT2D eigenvalue weighted by Gasteiger charge is -2.14. The topological polar surface area (TPSA) is 34.9 Å². The molecule has 0 aliphatic rings. The smallest absolute Gasteiger partial charge is 0.266 e. The molecule has 3 rings (SSSR count). The van der Waals surface area contributed by atoms with E-state index in [4.69, 9.17) is 0 Å². The summed E-state index contributed by atoms with van der Waals surface area (Å²) in [6.45, 7) is 1.88. The standard InChI is InChI=1S/C17H13F3N2O/c1-2-3-16-21-14-7-5-10(18)8-12(14)17(23)22(16)15-9-11(19)4-6-13(15)20/h4-9H,2-3H2,1H3. The van der Waals surface area contributed by atoms with Crippen LogP contribution in [0.3, 0.4) is 0 Å². The van der Waals surface area contributed by atoms with Gasteiger partial charge in [-0.3, -0.25) is 9.36 Å². The highest BCUT2D eigenvalue weighted by Crippen LogP contribution is 2.18. The van der Waals surface area contributed by atoms with Crippen LogP contribution in [0.2, 0.25) is 0 Å². The highest BCUT2D eigenvalue weighted by Gasteiger charge is 2.16. The molecule has 23 heavy (non-hydrogen) atoms. The first-order valence-corrected chi connectivity index (χ1v) is 7.18. The van der Waals surface area contributed by atoms with Crippen molar-refractivity contribution >= 4 is 10.9 Å². The van der Waals surface area contributed by atoms with E-state index in [1.807, 2.05) is 6.92 Å². The van der Waals surface area contributed by atoms with E-state index in [0.717, 1.165) is 28.8 Å². The Balaban J connectivity index is 2.42. The molecule has 0 aliphatic heterocycles. The second kappa shape index (κ2) is 5.87. The van der Waals surface area contributed by atoms with Crippen molar-refractivity contribution in [1.29, 1.82) is 0 Å². The van der Waals surface area contributed by atoms with Gasteiger partial charge >= 0.3 is 0 Å². The molecule has 1 heterocycles. The van der Waals surface area contributed by atoms with Crippen LogP contribution in [0.15, 0.2) is 41.2 Å². The summed E-state index contributed by atoms with van der Waals surface area (Å²) in [5.41, 5.74) is -0.521. The predicted molar refractivity (Wildman–Crippen MR) is 81.2 cm³/mol. The fraction of sp³-hybridized carbons (Fsp3) is 0.176. The first kappa shape index (κ1) is 15.3. The molecule has 0 radical (unpaired) electrons. The third kappa shape index (κ3) is 2.72. The molecule has 0 N–H and O–H groups in total. The zero-order valence-corrected chi connectivity index (χ0v) is 12.3. The van der Waals surface area contributed by atoms with Gasteiger partial charge in [0.2, 0.25) is 0 Å². The minimum absolute atomic E-state index is 0.0218. The Morgan fingerprint density at radius 3 is 2.48 bits per heavy atom. The van der Waals surface area contributed by atoms with Gasteiger partial charge in [-0.1, -0.05) is 6.92 Å². The van der Waals surface area contributed by atoms with Gasteiger partial charge in [0, 0.05) is 12.5 Å². The number of fused-ring (bicyclic) bond motifs is 1. The maximum absolute atomic E-state index is 14.1. The number of hydrogen-bond donors (Lipinski definition) is 0. The van der Waals surface area contributed by atoms with E-state index >= 15 is 0 Å². The molecule has 6 heteroatoms. The van der Waals surface area contributed by atoms with E-state index < -0.39 is 23.0 Å². The Kier molecular flexibility index (Phi) is 3.90. The molecular formula is C17H13F3N2O. The molecule has 118 valence electrons. The number of nitrogens with zero attached hydrogens (tertiary/aromatic N) is 2. The van der Waals surface area contributed by atoms with Gasteiger partial charge in [0.15, 0.2) is 0 Å². The molecule has 3 aromatic rings. The largest absolute Gasteiger partial charge is 0.268 e. The Morgan fingerprint density at radius 2 is 1.74 bits per heavy atom. The van der Waals surface area contributed by atoms with Crippen molar-refractivity contribution in [3.63, 3.8) is 0 Å². The highest BCUT2D eigenvalue weighted by molar-refractivity contribution is 5.78. The monoisotopic (exact) mass is 318 g/mol. The van der Waals surface area contributed by atoms with Crippen LogP contribution in [0, 0.1) is 17.5 Å². The summed E-state index contributed by atoms with van der Waals surface area (Å²) in [5, 5.41) is 0.0218. The van der Waals surface area contributed by atoms with Gasteiger partial charge in [-0.15, -0.1) is 0 Å². The number of hydrogen-bond acceptors (Lipinski definition) is 2. The molecule has 0 atom stereocenters. The van der Waals surface area contributed by atoms with Crippen LogP contribution in [-0.4, -0.2) is 9.55 Å². The van der Waals surface area contributed by atoms with Crippen LogP contribution in [0.25, 0.3) is 16.6 Å². The van der Waals surface area contributed by atoms with E-state index in [1.165, 1.54) is 12.1 Å². The van der Waals surface area contributed by atoms with Gasteiger partial charge in [0.05, 0.1) is 16.6 Å². The minimum atomic E-state index is -0.747. The van der Waals surface area contributed by atoms with Gasteiger partial charge in [0.25, 0.3) is 5.56 Å². The summed E-state index contributed by atoms with van der Waals surface area (Å²) in [4.78, 5) is 17.0. The van der Waals surface area contributed by atoms with E-state index in [1.54, 1.807) is 0 Å². The predicted octanol–water partition coefficient (Wildman–Crippen LogP) is 3.76. The number of rotatable bonds is 3. The summed E-state index contributed by atoms with van der Waals surface area (Å²) in [5.74, 6) is -1.70. The van der Waals surface area contributed by atoms with Crippen molar-refractivity contribution in [1.82, 2.24) is 9.55 Å². The van der Waals surface area contributed by atoms with E-state index in [-0.39, 0.29) is 11.1 Å². The van der Waals surface area contributed by atoms with Gasteiger partial charge in [-0.2, -0.15) is 0 Å². The summed E-state index contributed by atoms with van der Waals surface area (Å²) in [6.07, 6.45) is 1.06. The van der Waals surface area contributed by atoms with Gasteiger partial charge < -0.3 is 0 Å². The Hall–Kier alpha value is -2.63. The van der Waals surface area contributed by atoms with E-state index in [0.29, 0.717) is 24.2 Å². The quantitative estimate of drug-likeness (QED) is 0.737. The van der Waals surface area contributed by atoms with Gasteiger partial charge in [0.1, 0.15) is 23.3 Å². The zero-order valence-electron chi connectivity index (χ0n) is 12.3. The molecule has 2 aromatic carbocycles. The first-order valence-electron chi connectivity index (χ1n) is 7.18. The minimum Gasteiger partial charge on any atom is -0.268 e. The normalized spacial score (nSPS) is 11.1. The second-order valence-corrected chi connectivity index (χ2v) is 5.18. The molecule has 0 saturated carbocycles. The number of halogens is 3. The molecule has 0 amide bonds. The molecule has 1 aromatic heterocycles. The number of benzene rings is 2. The molecule has 0 spiro atoms. The van der Waals surface area contributed by atoms with Crippen LogP contribution in [0.4, 0.5) is 13.2 Å². The fourth-order valence-corrected chi connectivity index (χ4v) is 2.50. The fourth-order valence-electron chi connectivity index (χ4n) is 2.50. The molecule has 0 fully saturated rings. The van der Waals surface area contributed by atoms with Crippen molar-refractivity contribution in [3.05, 3.63) is 70.0 Å². The zero-order chi connectivity index (χ0) is 16.6. The Bertz CT molecular complexity index is 950. The lowest BCUT2D eigenvalue weighted by atomic mass is 10.2. The molecular weight excluding hydrogens is 305 g/mol. The molecule has 0 bridgehead atoms. The van der Waals surface area contributed by atoms with Crippen LogP contribution in [-0.2, 0) is 6.42 Å². The second-order valence-electron chi connectivity index (χ2n) is 5.18. The average molecular weight is 318 g/mol. The van der Waals surface area contributed by atoms with Crippen molar-refractivity contribution in [3.8, 4) is 5.69 Å². The molecule has 0 aliphatic carbocycles.